The Balaban J connectivity index is 2.42. The predicted octanol–water partition coefficient (Wildman–Crippen LogP) is 0.834. The Morgan fingerprint density at radius 3 is 2.85 bits per heavy atom. The molecule has 0 aromatic rings. The van der Waals surface area contributed by atoms with E-state index in [0.29, 0.717) is 6.04 Å². The molecule has 1 aliphatic rings. The van der Waals surface area contributed by atoms with Crippen molar-refractivity contribution >= 4 is 0 Å². The summed E-state index contributed by atoms with van der Waals surface area (Å²) in [6, 6.07) is 0.517. The van der Waals surface area contributed by atoms with Gasteiger partial charge in [-0.3, -0.25) is 4.90 Å². The summed E-state index contributed by atoms with van der Waals surface area (Å²) in [5.74, 6) is 0. The fraction of sp³-hybridized carbons (Fsp3) is 1.00. The summed E-state index contributed by atoms with van der Waals surface area (Å²) in [4.78, 5) is 2.42. The quantitative estimate of drug-likeness (QED) is 0.709. The van der Waals surface area contributed by atoms with Gasteiger partial charge in [-0.25, -0.2) is 0 Å². The summed E-state index contributed by atoms with van der Waals surface area (Å²) in [6.07, 6.45) is 1.02. The smallest absolute Gasteiger partial charge is 0.0619 e. The Bertz CT molecular complexity index is 159. The minimum absolute atomic E-state index is 0.0500. The standard InChI is InChI=1S/C10H22N2O/c1-4-10(3,11)8-12-5-6-13-7-9(12)2/h9H,4-8,11H2,1-3H3. The number of morpholine rings is 1. The molecular formula is C10H22N2O. The molecule has 3 nitrogen and oxygen atoms in total. The molecule has 3 heteroatoms. The highest BCUT2D eigenvalue weighted by atomic mass is 16.5. The van der Waals surface area contributed by atoms with Crippen LogP contribution in [0.2, 0.25) is 0 Å². The van der Waals surface area contributed by atoms with Crippen LogP contribution in [0.4, 0.5) is 0 Å². The van der Waals surface area contributed by atoms with Crippen molar-refractivity contribution in [2.24, 2.45) is 5.73 Å². The van der Waals surface area contributed by atoms with Crippen molar-refractivity contribution in [1.82, 2.24) is 4.90 Å². The molecule has 0 spiro atoms. The van der Waals surface area contributed by atoms with E-state index in [4.69, 9.17) is 10.5 Å². The van der Waals surface area contributed by atoms with Gasteiger partial charge < -0.3 is 10.5 Å². The van der Waals surface area contributed by atoms with Gasteiger partial charge in [-0.05, 0) is 20.3 Å². The summed E-state index contributed by atoms with van der Waals surface area (Å²) >= 11 is 0. The van der Waals surface area contributed by atoms with E-state index in [2.05, 4.69) is 25.7 Å². The lowest BCUT2D eigenvalue weighted by Crippen LogP contribution is -2.53. The third-order valence-electron chi connectivity index (χ3n) is 2.88. The topological polar surface area (TPSA) is 38.5 Å². The number of ether oxygens (including phenoxy) is 1. The Hall–Kier alpha value is -0.120. The largest absolute Gasteiger partial charge is 0.379 e. The molecule has 1 aliphatic heterocycles. The molecule has 0 radical (unpaired) electrons. The van der Waals surface area contributed by atoms with Crippen LogP contribution < -0.4 is 5.73 Å². The first-order valence-electron chi connectivity index (χ1n) is 5.16. The van der Waals surface area contributed by atoms with Crippen molar-refractivity contribution in [3.63, 3.8) is 0 Å². The van der Waals surface area contributed by atoms with Gasteiger partial charge in [-0.15, -0.1) is 0 Å². The van der Waals surface area contributed by atoms with Crippen LogP contribution in [0, 0.1) is 0 Å². The van der Waals surface area contributed by atoms with Gasteiger partial charge in [0.05, 0.1) is 13.2 Å². The first-order chi connectivity index (χ1) is 6.05. The van der Waals surface area contributed by atoms with Crippen LogP contribution in [0.15, 0.2) is 0 Å². The molecule has 2 unspecified atom stereocenters. The van der Waals surface area contributed by atoms with Crippen molar-refractivity contribution in [3.8, 4) is 0 Å². The Morgan fingerprint density at radius 2 is 2.31 bits per heavy atom. The molecule has 1 saturated heterocycles. The van der Waals surface area contributed by atoms with Gasteiger partial charge >= 0.3 is 0 Å². The van der Waals surface area contributed by atoms with Crippen LogP contribution in [0.25, 0.3) is 0 Å². The van der Waals surface area contributed by atoms with Crippen LogP contribution in [0.3, 0.4) is 0 Å². The highest BCUT2D eigenvalue weighted by Crippen LogP contribution is 2.12. The Kier molecular flexibility index (Phi) is 3.71. The highest BCUT2D eigenvalue weighted by molar-refractivity contribution is 4.84. The van der Waals surface area contributed by atoms with Gasteiger partial charge in [0.15, 0.2) is 0 Å². The van der Waals surface area contributed by atoms with Crippen molar-refractivity contribution in [1.29, 1.82) is 0 Å². The van der Waals surface area contributed by atoms with Crippen molar-refractivity contribution in [2.75, 3.05) is 26.3 Å². The van der Waals surface area contributed by atoms with Crippen LogP contribution in [0.5, 0.6) is 0 Å². The number of hydrogen-bond donors (Lipinski definition) is 1. The van der Waals surface area contributed by atoms with Crippen LogP contribution in [-0.2, 0) is 4.74 Å². The van der Waals surface area contributed by atoms with E-state index in [0.717, 1.165) is 32.7 Å². The maximum absolute atomic E-state index is 6.13. The molecule has 0 aliphatic carbocycles. The molecule has 1 heterocycles. The first-order valence-corrected chi connectivity index (χ1v) is 5.16. The second kappa shape index (κ2) is 4.40. The predicted molar refractivity (Wildman–Crippen MR) is 54.7 cm³/mol. The van der Waals surface area contributed by atoms with Gasteiger partial charge in [0, 0.05) is 24.7 Å². The molecule has 0 aromatic heterocycles. The van der Waals surface area contributed by atoms with E-state index in [9.17, 15) is 0 Å². The zero-order chi connectivity index (χ0) is 9.90. The normalized spacial score (nSPS) is 30.0. The fourth-order valence-electron chi connectivity index (χ4n) is 1.57. The zero-order valence-electron chi connectivity index (χ0n) is 9.05. The molecule has 1 rings (SSSR count). The minimum atomic E-state index is -0.0500. The van der Waals surface area contributed by atoms with Crippen LogP contribution >= 0.6 is 0 Å². The molecule has 0 saturated carbocycles. The van der Waals surface area contributed by atoms with Crippen LogP contribution in [-0.4, -0.2) is 42.8 Å². The number of rotatable bonds is 3. The molecule has 0 aromatic carbocycles. The average molecular weight is 186 g/mol. The summed E-state index contributed by atoms with van der Waals surface area (Å²) in [6.45, 7) is 10.2. The Morgan fingerprint density at radius 1 is 1.62 bits per heavy atom. The lowest BCUT2D eigenvalue weighted by atomic mass is 9.99. The maximum Gasteiger partial charge on any atom is 0.0619 e. The third kappa shape index (κ3) is 3.25. The van der Waals surface area contributed by atoms with E-state index < -0.39 is 0 Å². The summed E-state index contributed by atoms with van der Waals surface area (Å²) < 4.78 is 5.38. The molecule has 13 heavy (non-hydrogen) atoms. The third-order valence-corrected chi connectivity index (χ3v) is 2.88. The van der Waals surface area contributed by atoms with E-state index in [1.807, 2.05) is 0 Å². The first kappa shape index (κ1) is 11.0. The second-order valence-corrected chi connectivity index (χ2v) is 4.40. The molecule has 78 valence electrons. The van der Waals surface area contributed by atoms with E-state index in [1.54, 1.807) is 0 Å². The van der Waals surface area contributed by atoms with E-state index in [1.165, 1.54) is 0 Å². The lowest BCUT2D eigenvalue weighted by molar-refractivity contribution is -0.00906. The number of nitrogens with two attached hydrogens (primary N) is 1. The molecular weight excluding hydrogens is 164 g/mol. The van der Waals surface area contributed by atoms with Crippen LogP contribution in [0.1, 0.15) is 27.2 Å². The van der Waals surface area contributed by atoms with Crippen molar-refractivity contribution in [3.05, 3.63) is 0 Å². The second-order valence-electron chi connectivity index (χ2n) is 4.40. The van der Waals surface area contributed by atoms with Gasteiger partial charge in [0.25, 0.3) is 0 Å². The van der Waals surface area contributed by atoms with Crippen molar-refractivity contribution < 1.29 is 4.74 Å². The van der Waals surface area contributed by atoms with E-state index in [-0.39, 0.29) is 5.54 Å². The van der Waals surface area contributed by atoms with E-state index >= 15 is 0 Å². The minimum Gasteiger partial charge on any atom is -0.379 e. The lowest BCUT2D eigenvalue weighted by Gasteiger charge is -2.38. The SMILES string of the molecule is CCC(C)(N)CN1CCOCC1C. The monoisotopic (exact) mass is 186 g/mol. The summed E-state index contributed by atoms with van der Waals surface area (Å²) in [5, 5.41) is 0. The summed E-state index contributed by atoms with van der Waals surface area (Å²) in [7, 11) is 0. The van der Waals surface area contributed by atoms with Gasteiger partial charge in [-0.1, -0.05) is 6.92 Å². The molecule has 2 N–H and O–H groups in total. The molecule has 0 bridgehead atoms. The molecule has 1 fully saturated rings. The van der Waals surface area contributed by atoms with Gasteiger partial charge in [0.1, 0.15) is 0 Å². The summed E-state index contributed by atoms with van der Waals surface area (Å²) in [5.41, 5.74) is 6.08. The van der Waals surface area contributed by atoms with Crippen molar-refractivity contribution in [2.45, 2.75) is 38.8 Å². The molecule has 0 amide bonds. The maximum atomic E-state index is 6.13. The fourth-order valence-corrected chi connectivity index (χ4v) is 1.57. The van der Waals surface area contributed by atoms with Gasteiger partial charge in [-0.2, -0.15) is 0 Å². The van der Waals surface area contributed by atoms with Gasteiger partial charge in [0.2, 0.25) is 0 Å². The molecule has 2 atom stereocenters. The zero-order valence-corrected chi connectivity index (χ0v) is 9.05. The number of hydrogen-bond acceptors (Lipinski definition) is 3. The Labute approximate surface area is 81.2 Å². The number of nitrogens with zero attached hydrogens (tertiary/aromatic N) is 1. The average Bonchev–Trinajstić information content (AvgIpc) is 2.09. The highest BCUT2D eigenvalue weighted by Gasteiger charge is 2.25.